The molecule has 0 N–H and O–H groups in total. The minimum atomic E-state index is -0.280. The highest BCUT2D eigenvalue weighted by molar-refractivity contribution is 5.67. The summed E-state index contributed by atoms with van der Waals surface area (Å²) in [5.74, 6) is 0. The lowest BCUT2D eigenvalue weighted by molar-refractivity contribution is 0.0663. The third-order valence-corrected chi connectivity index (χ3v) is 1.35. The van der Waals surface area contributed by atoms with Crippen LogP contribution in [0.15, 0.2) is 0 Å². The second-order valence-corrected chi connectivity index (χ2v) is 2.73. The summed E-state index contributed by atoms with van der Waals surface area (Å²) in [7, 11) is 0. The predicted octanol–water partition coefficient (Wildman–Crippen LogP) is 0.821. The van der Waals surface area contributed by atoms with E-state index >= 15 is 0 Å². The van der Waals surface area contributed by atoms with Crippen LogP contribution in [0.4, 0.5) is 4.79 Å². The number of carbonyl (C=O) groups is 1. The first-order valence-corrected chi connectivity index (χ1v) is 3.73. The van der Waals surface area contributed by atoms with Gasteiger partial charge in [0.1, 0.15) is 6.73 Å². The zero-order valence-electron chi connectivity index (χ0n) is 6.87. The fourth-order valence-corrected chi connectivity index (χ4v) is 0.834. The van der Waals surface area contributed by atoms with Crippen molar-refractivity contribution in [3.8, 4) is 0 Å². The fourth-order valence-electron chi connectivity index (χ4n) is 0.834. The number of hydrogen-bond donors (Lipinski definition) is 0. The summed E-state index contributed by atoms with van der Waals surface area (Å²) < 4.78 is 9.93. The molecule has 0 radical (unpaired) electrons. The predicted molar refractivity (Wildman–Crippen MR) is 39.1 cm³/mol. The first-order valence-electron chi connectivity index (χ1n) is 3.73. The first kappa shape index (κ1) is 8.33. The normalized spacial score (nSPS) is 17.5. The molecular formula is C7H13NO3. The Bertz CT molecular complexity index is 141. The molecule has 0 spiro atoms. The van der Waals surface area contributed by atoms with Gasteiger partial charge in [-0.2, -0.15) is 0 Å². The lowest BCUT2D eigenvalue weighted by Crippen LogP contribution is -2.30. The van der Waals surface area contributed by atoms with Crippen molar-refractivity contribution in [1.29, 1.82) is 0 Å². The molecule has 0 bridgehead atoms. The van der Waals surface area contributed by atoms with Gasteiger partial charge < -0.3 is 9.47 Å². The van der Waals surface area contributed by atoms with E-state index in [-0.39, 0.29) is 12.2 Å². The summed E-state index contributed by atoms with van der Waals surface area (Å²) in [6.45, 7) is 5.29. The molecule has 1 aliphatic rings. The second kappa shape index (κ2) is 3.57. The zero-order valence-corrected chi connectivity index (χ0v) is 6.87. The van der Waals surface area contributed by atoms with Crippen molar-refractivity contribution in [2.24, 2.45) is 0 Å². The highest BCUT2D eigenvalue weighted by Gasteiger charge is 2.20. The molecule has 0 aromatic heterocycles. The topological polar surface area (TPSA) is 38.8 Å². The van der Waals surface area contributed by atoms with Gasteiger partial charge in [0.15, 0.2) is 0 Å². The molecule has 0 atom stereocenters. The maximum Gasteiger partial charge on any atom is 0.411 e. The monoisotopic (exact) mass is 159 g/mol. The van der Waals surface area contributed by atoms with E-state index in [2.05, 4.69) is 0 Å². The van der Waals surface area contributed by atoms with Crippen LogP contribution in [0.25, 0.3) is 0 Å². The van der Waals surface area contributed by atoms with Gasteiger partial charge in [-0.1, -0.05) is 0 Å². The Morgan fingerprint density at radius 1 is 1.64 bits per heavy atom. The van der Waals surface area contributed by atoms with Crippen molar-refractivity contribution in [1.82, 2.24) is 4.90 Å². The second-order valence-electron chi connectivity index (χ2n) is 2.73. The molecule has 11 heavy (non-hydrogen) atoms. The van der Waals surface area contributed by atoms with Crippen LogP contribution >= 0.6 is 0 Å². The van der Waals surface area contributed by atoms with Gasteiger partial charge in [-0.3, -0.25) is 4.90 Å². The molecule has 1 fully saturated rings. The number of carbonyl (C=O) groups excluding carboxylic acids is 1. The number of rotatable bonds is 1. The maximum absolute atomic E-state index is 11.1. The summed E-state index contributed by atoms with van der Waals surface area (Å²) in [6.07, 6.45) is -0.333. The standard InChI is InChI=1S/C7H13NO3/c1-6(2)11-7(9)8-3-4-10-5-8/h6H,3-5H2,1-2H3. The largest absolute Gasteiger partial charge is 0.447 e. The lowest BCUT2D eigenvalue weighted by atomic mass is 10.5. The van der Waals surface area contributed by atoms with E-state index < -0.39 is 0 Å². The average molecular weight is 159 g/mol. The summed E-state index contributed by atoms with van der Waals surface area (Å²) in [5.41, 5.74) is 0. The quantitative estimate of drug-likeness (QED) is 0.568. The molecule has 0 aromatic carbocycles. The number of hydrogen-bond acceptors (Lipinski definition) is 3. The van der Waals surface area contributed by atoms with Gasteiger partial charge in [0.25, 0.3) is 0 Å². The summed E-state index contributed by atoms with van der Waals surface area (Å²) >= 11 is 0. The van der Waals surface area contributed by atoms with Crippen LogP contribution in [0.1, 0.15) is 13.8 Å². The third-order valence-electron chi connectivity index (χ3n) is 1.35. The van der Waals surface area contributed by atoms with Gasteiger partial charge in [-0.15, -0.1) is 0 Å². The lowest BCUT2D eigenvalue weighted by Gasteiger charge is -2.15. The molecule has 0 saturated carbocycles. The molecule has 1 heterocycles. The summed E-state index contributed by atoms with van der Waals surface area (Å²) in [4.78, 5) is 12.6. The van der Waals surface area contributed by atoms with Gasteiger partial charge in [0, 0.05) is 6.54 Å². The molecule has 0 unspecified atom stereocenters. The summed E-state index contributed by atoms with van der Waals surface area (Å²) in [6, 6.07) is 0. The average Bonchev–Trinajstić information content (AvgIpc) is 2.35. The van der Waals surface area contributed by atoms with Gasteiger partial charge in [-0.05, 0) is 13.8 Å². The maximum atomic E-state index is 11.1. The molecule has 4 heteroatoms. The summed E-state index contributed by atoms with van der Waals surface area (Å²) in [5, 5.41) is 0. The number of ether oxygens (including phenoxy) is 2. The molecule has 1 saturated heterocycles. The highest BCUT2D eigenvalue weighted by atomic mass is 16.6. The van der Waals surface area contributed by atoms with Crippen molar-refractivity contribution in [3.63, 3.8) is 0 Å². The molecule has 1 amide bonds. The van der Waals surface area contributed by atoms with Gasteiger partial charge in [0.05, 0.1) is 12.7 Å². The minimum absolute atomic E-state index is 0.0527. The van der Waals surface area contributed by atoms with Gasteiger partial charge in [-0.25, -0.2) is 4.79 Å². The molecule has 1 aliphatic heterocycles. The fraction of sp³-hybridized carbons (Fsp3) is 0.857. The van der Waals surface area contributed by atoms with Gasteiger partial charge >= 0.3 is 6.09 Å². The zero-order chi connectivity index (χ0) is 8.27. The Hall–Kier alpha value is -0.770. The van der Waals surface area contributed by atoms with Crippen LogP contribution in [-0.4, -0.2) is 37.0 Å². The molecule has 64 valence electrons. The Morgan fingerprint density at radius 2 is 2.36 bits per heavy atom. The van der Waals surface area contributed by atoms with Crippen LogP contribution in [0, 0.1) is 0 Å². The van der Waals surface area contributed by atoms with E-state index in [9.17, 15) is 4.79 Å². The molecule has 0 aliphatic carbocycles. The first-order chi connectivity index (χ1) is 5.20. The number of nitrogens with zero attached hydrogens (tertiary/aromatic N) is 1. The smallest absolute Gasteiger partial charge is 0.411 e. The van der Waals surface area contributed by atoms with E-state index in [1.165, 1.54) is 0 Å². The van der Waals surface area contributed by atoms with E-state index in [0.29, 0.717) is 19.9 Å². The minimum Gasteiger partial charge on any atom is -0.447 e. The molecule has 0 aromatic rings. The third kappa shape index (κ3) is 2.38. The van der Waals surface area contributed by atoms with Crippen LogP contribution in [0.3, 0.4) is 0 Å². The Kier molecular flexibility index (Phi) is 2.70. The van der Waals surface area contributed by atoms with Crippen molar-refractivity contribution >= 4 is 6.09 Å². The number of amides is 1. The highest BCUT2D eigenvalue weighted by Crippen LogP contribution is 2.03. The Morgan fingerprint density at radius 3 is 2.82 bits per heavy atom. The Balaban J connectivity index is 2.28. The van der Waals surface area contributed by atoms with E-state index in [0.717, 1.165) is 0 Å². The molecule has 1 rings (SSSR count). The van der Waals surface area contributed by atoms with E-state index in [4.69, 9.17) is 9.47 Å². The van der Waals surface area contributed by atoms with Crippen molar-refractivity contribution < 1.29 is 14.3 Å². The van der Waals surface area contributed by atoms with Crippen molar-refractivity contribution in [2.75, 3.05) is 19.9 Å². The van der Waals surface area contributed by atoms with Crippen molar-refractivity contribution in [2.45, 2.75) is 20.0 Å². The van der Waals surface area contributed by atoms with Gasteiger partial charge in [0.2, 0.25) is 0 Å². The SMILES string of the molecule is CC(C)OC(=O)N1CCOC1. The molecular weight excluding hydrogens is 146 g/mol. The van der Waals surface area contributed by atoms with Crippen LogP contribution < -0.4 is 0 Å². The van der Waals surface area contributed by atoms with E-state index in [1.54, 1.807) is 4.90 Å². The van der Waals surface area contributed by atoms with Crippen LogP contribution in [-0.2, 0) is 9.47 Å². The van der Waals surface area contributed by atoms with Crippen LogP contribution in [0.2, 0.25) is 0 Å². The molecule has 4 nitrogen and oxygen atoms in total. The van der Waals surface area contributed by atoms with Crippen LogP contribution in [0.5, 0.6) is 0 Å². The Labute approximate surface area is 66.1 Å². The van der Waals surface area contributed by atoms with E-state index in [1.807, 2.05) is 13.8 Å². The van der Waals surface area contributed by atoms with Crippen molar-refractivity contribution in [3.05, 3.63) is 0 Å².